The van der Waals surface area contributed by atoms with E-state index < -0.39 is 23.6 Å². The monoisotopic (exact) mass is 1020 g/mol. The maximum atomic E-state index is 17.0. The standard InChI is InChI=1S/C56H64F2N12O5/c1-3-41-44(57)8-4-36-26-40(71)28-42(49(36)41)51-50(58)52-43(29-59-51)53(69-32-37-5-6-38(33-69)60-37)63-55(62-52)75-25-24-65-16-12-34(13-17-65)30-66-20-22-67(23-21-66)31-35-14-18-68(19-15-35)39-7-9-45-47(27-39)64(2)56(74)70(45)46-10-11-48(72)61-54(46)73/h1,4,7-9,26-29,34-35,37-38,46,60,71H,5-6,10-25,30-33H2,2H3,(H,61,72,73). The van der Waals surface area contributed by atoms with E-state index in [1.54, 1.807) is 17.8 Å². The fourth-order valence-electron chi connectivity index (χ4n) is 12.9. The van der Waals surface area contributed by atoms with Crippen molar-refractivity contribution >= 4 is 56.0 Å². The number of terminal acetylenes is 1. The molecule has 0 spiro atoms. The SMILES string of the molecule is C#Cc1c(F)ccc2cc(O)cc(-c3ncc4c(N5CC6CCC(C5)N6)nc(OCCN5CCC(CN6CCN(CC7CCN(c8ccc9c(c8)n(C)c(=O)n9C8CCC(=O)NC8=O)CC7)CC6)CC5)nc4c3F)c12. The number of nitrogens with zero attached hydrogens (tertiary/aromatic N) is 10. The first kappa shape index (κ1) is 49.2. The van der Waals surface area contributed by atoms with Crippen LogP contribution in [0.5, 0.6) is 11.8 Å². The number of amides is 2. The lowest BCUT2D eigenvalue weighted by molar-refractivity contribution is -0.135. The van der Waals surface area contributed by atoms with Crippen LogP contribution in [0.25, 0.3) is 44.0 Å². The van der Waals surface area contributed by atoms with Crippen LogP contribution in [-0.4, -0.2) is 159 Å². The molecule has 0 saturated carbocycles. The molecule has 392 valence electrons. The third-order valence-corrected chi connectivity index (χ3v) is 17.0. The summed E-state index contributed by atoms with van der Waals surface area (Å²) >= 11 is 0. The molecule has 6 saturated heterocycles. The molecule has 0 radical (unpaired) electrons. The van der Waals surface area contributed by atoms with E-state index in [0.29, 0.717) is 78.7 Å². The normalized spacial score (nSPS) is 22.7. The van der Waals surface area contributed by atoms with Gasteiger partial charge < -0.3 is 34.8 Å². The predicted molar refractivity (Wildman–Crippen MR) is 283 cm³/mol. The average molecular weight is 1020 g/mol. The third kappa shape index (κ3) is 9.66. The van der Waals surface area contributed by atoms with Crippen LogP contribution in [0.3, 0.4) is 0 Å². The molecule has 6 aromatic rings. The minimum Gasteiger partial charge on any atom is -0.508 e. The number of fused-ring (bicyclic) bond motifs is 5. The van der Waals surface area contributed by atoms with Gasteiger partial charge in [-0.25, -0.2) is 13.6 Å². The number of aryl methyl sites for hydroxylation is 1. The molecule has 3 aromatic carbocycles. The van der Waals surface area contributed by atoms with Crippen LogP contribution in [0, 0.1) is 35.8 Å². The molecule has 17 nitrogen and oxygen atoms in total. The number of likely N-dealkylation sites (tertiary alicyclic amines) is 1. The van der Waals surface area contributed by atoms with Crippen LogP contribution >= 0.6 is 0 Å². The van der Waals surface area contributed by atoms with Gasteiger partial charge in [-0.3, -0.25) is 33.9 Å². The number of piperidine rings is 3. The molecule has 3 unspecified atom stereocenters. The van der Waals surface area contributed by atoms with Crippen molar-refractivity contribution in [1.29, 1.82) is 0 Å². The van der Waals surface area contributed by atoms with Gasteiger partial charge in [0.25, 0.3) is 0 Å². The van der Waals surface area contributed by atoms with Gasteiger partial charge in [-0.1, -0.05) is 12.0 Å². The molecule has 9 heterocycles. The summed E-state index contributed by atoms with van der Waals surface area (Å²) in [6.07, 6.45) is 14.4. The highest BCUT2D eigenvalue weighted by molar-refractivity contribution is 6.03. The van der Waals surface area contributed by atoms with Crippen molar-refractivity contribution in [3.8, 4) is 35.4 Å². The van der Waals surface area contributed by atoms with E-state index in [9.17, 15) is 19.5 Å². The van der Waals surface area contributed by atoms with Crippen molar-refractivity contribution in [3.63, 3.8) is 0 Å². The molecule has 0 aliphatic carbocycles. The van der Waals surface area contributed by atoms with Crippen LogP contribution in [0.4, 0.5) is 20.3 Å². The van der Waals surface area contributed by atoms with Crippen molar-refractivity contribution in [1.82, 2.24) is 49.4 Å². The van der Waals surface area contributed by atoms with Gasteiger partial charge in [-0.15, -0.1) is 6.42 Å². The number of carbonyl (C=O) groups is 2. The number of ether oxygens (including phenoxy) is 1. The first-order valence-electron chi connectivity index (χ1n) is 26.8. The van der Waals surface area contributed by atoms with Gasteiger partial charge in [0.05, 0.1) is 22.0 Å². The number of phenolic OH excluding ortho intramolecular Hbond substituents is 1. The Morgan fingerprint density at radius 2 is 1.51 bits per heavy atom. The summed E-state index contributed by atoms with van der Waals surface area (Å²) in [6.45, 7) is 12.9. The number of rotatable bonds is 12. The summed E-state index contributed by atoms with van der Waals surface area (Å²) in [5, 5.41) is 17.9. The van der Waals surface area contributed by atoms with E-state index in [1.165, 1.54) is 28.8 Å². The number of pyridine rings is 1. The average Bonchev–Trinajstić information content (AvgIpc) is 3.89. The Balaban J connectivity index is 0.625. The lowest BCUT2D eigenvalue weighted by Gasteiger charge is -2.41. The molecular formula is C56H64F2N12O5. The number of piperazine rings is 2. The minimum absolute atomic E-state index is 0.0361. The first-order valence-corrected chi connectivity index (χ1v) is 26.8. The predicted octanol–water partition coefficient (Wildman–Crippen LogP) is 5.01. The van der Waals surface area contributed by atoms with Gasteiger partial charge in [0.1, 0.15) is 41.2 Å². The molecule has 2 bridgehead atoms. The van der Waals surface area contributed by atoms with Gasteiger partial charge in [0.2, 0.25) is 11.8 Å². The van der Waals surface area contributed by atoms with Crippen LogP contribution in [0.1, 0.15) is 63.0 Å². The van der Waals surface area contributed by atoms with Crippen LogP contribution in [-0.2, 0) is 16.6 Å². The molecule has 6 aliphatic heterocycles. The van der Waals surface area contributed by atoms with Crippen LogP contribution in [0.2, 0.25) is 0 Å². The zero-order chi connectivity index (χ0) is 51.5. The van der Waals surface area contributed by atoms with Crippen molar-refractivity contribution < 1.29 is 28.2 Å². The summed E-state index contributed by atoms with van der Waals surface area (Å²) < 4.78 is 41.5. The number of benzene rings is 3. The molecule has 2 amide bonds. The van der Waals surface area contributed by atoms with E-state index in [0.717, 1.165) is 115 Å². The Morgan fingerprint density at radius 1 is 0.800 bits per heavy atom. The molecule has 3 N–H and O–H groups in total. The molecule has 19 heteroatoms. The van der Waals surface area contributed by atoms with Crippen molar-refractivity contribution in [2.45, 2.75) is 69.5 Å². The topological polar surface area (TPSA) is 169 Å². The maximum absolute atomic E-state index is 17.0. The number of anilines is 2. The molecule has 6 fully saturated rings. The minimum atomic E-state index is -0.731. The molecule has 3 aromatic heterocycles. The Hall–Kier alpha value is -6.72. The van der Waals surface area contributed by atoms with Gasteiger partial charge >= 0.3 is 11.7 Å². The van der Waals surface area contributed by atoms with Crippen LogP contribution < -0.4 is 30.9 Å². The second-order valence-electron chi connectivity index (χ2n) is 21.7. The number of aromatic nitrogens is 5. The maximum Gasteiger partial charge on any atom is 0.329 e. The zero-order valence-electron chi connectivity index (χ0n) is 42.4. The van der Waals surface area contributed by atoms with Crippen molar-refractivity contribution in [3.05, 3.63) is 76.3 Å². The number of nitrogens with one attached hydrogen (secondary N) is 2. The summed E-state index contributed by atoms with van der Waals surface area (Å²) in [7, 11) is 1.74. The molecule has 75 heavy (non-hydrogen) atoms. The fourth-order valence-corrected chi connectivity index (χ4v) is 12.9. The highest BCUT2D eigenvalue weighted by Gasteiger charge is 2.36. The van der Waals surface area contributed by atoms with E-state index in [2.05, 4.69) is 63.2 Å². The summed E-state index contributed by atoms with van der Waals surface area (Å²) in [5.41, 5.74) is 2.40. The van der Waals surface area contributed by atoms with Gasteiger partial charge in [-0.05, 0) is 112 Å². The number of imidazole rings is 1. The Bertz CT molecular complexity index is 3290. The van der Waals surface area contributed by atoms with Crippen LogP contribution in [0.15, 0.2) is 53.5 Å². The number of aromatic hydroxyl groups is 1. The Kier molecular flexibility index (Phi) is 13.4. The second-order valence-corrected chi connectivity index (χ2v) is 21.7. The zero-order valence-corrected chi connectivity index (χ0v) is 42.4. The second kappa shape index (κ2) is 20.4. The van der Waals surface area contributed by atoms with Gasteiger partial charge in [-0.2, -0.15) is 9.97 Å². The number of hydrogen-bond acceptors (Lipinski definition) is 14. The van der Waals surface area contributed by atoms with Crippen molar-refractivity contribution in [2.24, 2.45) is 18.9 Å². The van der Waals surface area contributed by atoms with Gasteiger partial charge in [0, 0.05) is 120 Å². The quantitative estimate of drug-likeness (QED) is 0.111. The summed E-state index contributed by atoms with van der Waals surface area (Å²) in [6, 6.07) is 11.6. The summed E-state index contributed by atoms with van der Waals surface area (Å²) in [4.78, 5) is 64.1. The highest BCUT2D eigenvalue weighted by atomic mass is 19.1. The third-order valence-electron chi connectivity index (χ3n) is 17.0. The van der Waals surface area contributed by atoms with E-state index in [1.807, 2.05) is 6.07 Å². The highest BCUT2D eigenvalue weighted by Crippen LogP contribution is 2.40. The number of imide groups is 1. The number of halogens is 2. The lowest BCUT2D eigenvalue weighted by Crippen LogP contribution is -2.51. The number of carbonyl (C=O) groups excluding carboxylic acids is 2. The van der Waals surface area contributed by atoms with Crippen molar-refractivity contribution in [2.75, 3.05) is 101 Å². The number of hydrogen-bond donors (Lipinski definition) is 3. The molecule has 6 aliphatic rings. The molecule has 3 atom stereocenters. The van der Waals surface area contributed by atoms with E-state index in [-0.39, 0.29) is 57.5 Å². The number of phenols is 1. The molecular weight excluding hydrogens is 959 g/mol. The molecule has 12 rings (SSSR count). The van der Waals surface area contributed by atoms with E-state index in [4.69, 9.17) is 16.1 Å². The fraction of sp³-hybridized carbons (Fsp3) is 0.500. The van der Waals surface area contributed by atoms with Gasteiger partial charge in [0.15, 0.2) is 5.82 Å². The largest absolute Gasteiger partial charge is 0.508 e. The van der Waals surface area contributed by atoms with E-state index >= 15 is 8.78 Å². The first-order chi connectivity index (χ1) is 36.4. The Labute approximate surface area is 433 Å². The summed E-state index contributed by atoms with van der Waals surface area (Å²) in [5.74, 6) is 2.05. The lowest BCUT2D eigenvalue weighted by atomic mass is 9.94. The Morgan fingerprint density at radius 3 is 2.20 bits per heavy atom. The smallest absolute Gasteiger partial charge is 0.329 e.